The van der Waals surface area contributed by atoms with Gasteiger partial charge in [-0.3, -0.25) is 9.48 Å². The van der Waals surface area contributed by atoms with E-state index in [-0.39, 0.29) is 18.3 Å². The lowest BCUT2D eigenvalue weighted by atomic mass is 10.2. The second kappa shape index (κ2) is 6.73. The molecule has 0 aliphatic carbocycles. The number of carbonyl (C=O) groups excluding carboxylic acids is 1. The minimum absolute atomic E-state index is 0.113. The largest absolute Gasteiger partial charge is 0.389 e. The van der Waals surface area contributed by atoms with Gasteiger partial charge in [0.15, 0.2) is 0 Å². The molecule has 0 unspecified atom stereocenters. The summed E-state index contributed by atoms with van der Waals surface area (Å²) in [5.74, 6) is -0.634. The zero-order valence-electron chi connectivity index (χ0n) is 12.6. The van der Waals surface area contributed by atoms with Gasteiger partial charge in [0, 0.05) is 6.20 Å². The average molecular weight is 326 g/mol. The molecule has 0 saturated carbocycles. The van der Waals surface area contributed by atoms with Crippen molar-refractivity contribution in [1.29, 1.82) is 0 Å². The molecule has 1 amide bonds. The lowest BCUT2D eigenvalue weighted by Gasteiger charge is -2.02. The number of nitrogens with one attached hydrogen (secondary N) is 1. The van der Waals surface area contributed by atoms with Crippen molar-refractivity contribution in [2.45, 2.75) is 13.1 Å². The van der Waals surface area contributed by atoms with E-state index in [2.05, 4.69) is 15.5 Å². The van der Waals surface area contributed by atoms with E-state index in [1.807, 2.05) is 30.3 Å². The summed E-state index contributed by atoms with van der Waals surface area (Å²) in [6.07, 6.45) is 4.65. The van der Waals surface area contributed by atoms with Crippen LogP contribution in [0.5, 0.6) is 0 Å². The molecule has 9 nitrogen and oxygen atoms in total. The minimum atomic E-state index is -0.609. The maximum atomic E-state index is 11.9. The highest BCUT2D eigenvalue weighted by Crippen LogP contribution is 2.09. The van der Waals surface area contributed by atoms with Gasteiger partial charge < -0.3 is 15.4 Å². The summed E-state index contributed by atoms with van der Waals surface area (Å²) < 4.78 is 2.92. The predicted octanol–water partition coefficient (Wildman–Crippen LogP) is 1.67. The van der Waals surface area contributed by atoms with Crippen LogP contribution in [0.4, 0.5) is 11.5 Å². The van der Waals surface area contributed by atoms with Crippen molar-refractivity contribution in [2.24, 2.45) is 0 Å². The summed E-state index contributed by atoms with van der Waals surface area (Å²) in [6, 6.07) is 11.1. The molecule has 1 N–H and O–H groups in total. The van der Waals surface area contributed by atoms with Crippen LogP contribution in [0.1, 0.15) is 5.56 Å². The van der Waals surface area contributed by atoms with Crippen LogP contribution in [0.25, 0.3) is 0 Å². The van der Waals surface area contributed by atoms with Crippen LogP contribution in [-0.4, -0.2) is 30.4 Å². The molecule has 9 heteroatoms. The van der Waals surface area contributed by atoms with Crippen molar-refractivity contribution < 1.29 is 9.72 Å². The fraction of sp³-hybridized carbons (Fsp3) is 0.133. The molecule has 24 heavy (non-hydrogen) atoms. The molecule has 0 aliphatic heterocycles. The highest BCUT2D eigenvalue weighted by Gasteiger charge is 2.13. The zero-order valence-corrected chi connectivity index (χ0v) is 12.6. The summed E-state index contributed by atoms with van der Waals surface area (Å²) in [4.78, 5) is 21.9. The first-order chi connectivity index (χ1) is 11.6. The molecule has 0 aliphatic rings. The van der Waals surface area contributed by atoms with Crippen molar-refractivity contribution in [3.05, 3.63) is 70.7 Å². The number of aromatic nitrogens is 4. The third-order valence-electron chi connectivity index (χ3n) is 3.22. The fourth-order valence-corrected chi connectivity index (χ4v) is 2.17. The summed E-state index contributed by atoms with van der Waals surface area (Å²) >= 11 is 0. The maximum absolute atomic E-state index is 11.9. The van der Waals surface area contributed by atoms with Gasteiger partial charge in [-0.1, -0.05) is 30.3 Å². The average Bonchev–Trinajstić information content (AvgIpc) is 3.18. The number of nitrogens with zero attached hydrogens (tertiary/aromatic N) is 5. The molecule has 122 valence electrons. The van der Waals surface area contributed by atoms with Gasteiger partial charge in [-0.2, -0.15) is 9.78 Å². The van der Waals surface area contributed by atoms with Crippen molar-refractivity contribution >= 4 is 17.4 Å². The fourth-order valence-electron chi connectivity index (χ4n) is 2.17. The quantitative estimate of drug-likeness (QED) is 0.547. The topological polar surface area (TPSA) is 108 Å². The van der Waals surface area contributed by atoms with Crippen LogP contribution in [0, 0.1) is 10.1 Å². The third-order valence-corrected chi connectivity index (χ3v) is 3.22. The molecular formula is C15H14N6O3. The van der Waals surface area contributed by atoms with Crippen LogP contribution in [0.15, 0.2) is 55.0 Å². The molecule has 2 heterocycles. The molecule has 0 spiro atoms. The lowest BCUT2D eigenvalue weighted by molar-refractivity contribution is -0.389. The van der Waals surface area contributed by atoms with Crippen LogP contribution in [-0.2, 0) is 17.9 Å². The predicted molar refractivity (Wildman–Crippen MR) is 85.3 cm³/mol. The van der Waals surface area contributed by atoms with Crippen LogP contribution >= 0.6 is 0 Å². The van der Waals surface area contributed by atoms with Gasteiger partial charge in [-0.05, 0) is 10.5 Å². The molecule has 0 fully saturated rings. The third kappa shape index (κ3) is 3.83. The van der Waals surface area contributed by atoms with E-state index in [4.69, 9.17) is 0 Å². The van der Waals surface area contributed by atoms with Crippen LogP contribution in [0.2, 0.25) is 0 Å². The smallest absolute Gasteiger partial charge is 0.358 e. The number of nitro groups is 1. The monoisotopic (exact) mass is 326 g/mol. The Bertz CT molecular complexity index is 855. The van der Waals surface area contributed by atoms with Crippen molar-refractivity contribution in [3.63, 3.8) is 0 Å². The Hall–Kier alpha value is -3.49. The van der Waals surface area contributed by atoms with Gasteiger partial charge in [-0.25, -0.2) is 0 Å². The van der Waals surface area contributed by atoms with Crippen molar-refractivity contribution in [1.82, 2.24) is 19.6 Å². The van der Waals surface area contributed by atoms with Gasteiger partial charge in [-0.15, -0.1) is 0 Å². The Kier molecular flexibility index (Phi) is 4.32. The lowest BCUT2D eigenvalue weighted by Crippen LogP contribution is -2.18. The summed E-state index contributed by atoms with van der Waals surface area (Å²) in [5.41, 5.74) is 1.65. The Balaban J connectivity index is 1.57. The molecular weight excluding hydrogens is 312 g/mol. The molecule has 0 atom stereocenters. The molecule has 0 radical (unpaired) electrons. The number of benzene rings is 1. The Morgan fingerprint density at radius 1 is 1.21 bits per heavy atom. The first kappa shape index (κ1) is 15.4. The molecule has 3 aromatic rings. The highest BCUT2D eigenvalue weighted by molar-refractivity contribution is 5.90. The standard InChI is InChI=1S/C15H14N6O3/c22-15(11-19-7-6-14(18-19)21(23)24)17-13-8-16-20(10-13)9-12-4-2-1-3-5-12/h1-8,10H,9,11H2,(H,17,22). The van der Waals surface area contributed by atoms with E-state index in [0.717, 1.165) is 5.56 Å². The number of carbonyl (C=O) groups is 1. The van der Waals surface area contributed by atoms with E-state index in [1.54, 1.807) is 17.1 Å². The maximum Gasteiger partial charge on any atom is 0.389 e. The van der Waals surface area contributed by atoms with Gasteiger partial charge in [0.2, 0.25) is 5.91 Å². The number of amides is 1. The first-order valence-corrected chi connectivity index (χ1v) is 7.14. The Morgan fingerprint density at radius 2 is 2.00 bits per heavy atom. The number of anilines is 1. The second-order valence-electron chi connectivity index (χ2n) is 5.09. The number of hydrogen-bond acceptors (Lipinski definition) is 5. The van der Waals surface area contributed by atoms with E-state index in [0.29, 0.717) is 12.2 Å². The summed E-state index contributed by atoms with van der Waals surface area (Å²) in [6.45, 7) is 0.486. The van der Waals surface area contributed by atoms with E-state index >= 15 is 0 Å². The molecule has 2 aromatic heterocycles. The SMILES string of the molecule is O=C(Cn1ccc([N+](=O)[O-])n1)Nc1cnn(Cc2ccccc2)c1. The minimum Gasteiger partial charge on any atom is -0.358 e. The van der Waals surface area contributed by atoms with E-state index in [9.17, 15) is 14.9 Å². The van der Waals surface area contributed by atoms with Gasteiger partial charge in [0.25, 0.3) is 0 Å². The second-order valence-corrected chi connectivity index (χ2v) is 5.09. The highest BCUT2D eigenvalue weighted by atomic mass is 16.6. The molecule has 0 saturated heterocycles. The zero-order chi connectivity index (χ0) is 16.9. The van der Waals surface area contributed by atoms with Crippen molar-refractivity contribution in [2.75, 3.05) is 5.32 Å². The molecule has 0 bridgehead atoms. The van der Waals surface area contributed by atoms with Gasteiger partial charge in [0.05, 0.1) is 35.8 Å². The number of rotatable bonds is 6. The van der Waals surface area contributed by atoms with Crippen LogP contribution in [0.3, 0.4) is 0 Å². The summed E-state index contributed by atoms with van der Waals surface area (Å²) in [5, 5.41) is 21.1. The van der Waals surface area contributed by atoms with E-state index in [1.165, 1.54) is 16.9 Å². The molecule has 3 rings (SSSR count). The van der Waals surface area contributed by atoms with E-state index < -0.39 is 4.92 Å². The normalized spacial score (nSPS) is 10.5. The number of hydrogen-bond donors (Lipinski definition) is 1. The van der Waals surface area contributed by atoms with Crippen molar-refractivity contribution in [3.8, 4) is 0 Å². The Labute approximate surface area is 136 Å². The first-order valence-electron chi connectivity index (χ1n) is 7.14. The van der Waals surface area contributed by atoms with Gasteiger partial charge in [0.1, 0.15) is 6.54 Å². The van der Waals surface area contributed by atoms with Crippen LogP contribution < -0.4 is 5.32 Å². The summed E-state index contributed by atoms with van der Waals surface area (Å²) in [7, 11) is 0. The Morgan fingerprint density at radius 3 is 2.71 bits per heavy atom. The van der Waals surface area contributed by atoms with Gasteiger partial charge >= 0.3 is 5.82 Å². The molecule has 1 aromatic carbocycles.